The number of nitrogens with two attached hydrogens (primary N) is 1. The van der Waals surface area contributed by atoms with E-state index in [0.29, 0.717) is 13.1 Å². The number of hydrogen-bond acceptors (Lipinski definition) is 4. The molecule has 0 radical (unpaired) electrons. The molecule has 0 unspecified atom stereocenters. The third kappa shape index (κ3) is 4.42. The van der Waals surface area contributed by atoms with Gasteiger partial charge in [0.1, 0.15) is 5.75 Å². The zero-order valence-corrected chi connectivity index (χ0v) is 12.8. The van der Waals surface area contributed by atoms with Gasteiger partial charge >= 0.3 is 0 Å². The summed E-state index contributed by atoms with van der Waals surface area (Å²) in [6, 6.07) is 5.89. The monoisotopic (exact) mass is 279 g/mol. The number of carbonyl (C=O) groups excluding carboxylic acids is 1. The van der Waals surface area contributed by atoms with Crippen molar-refractivity contribution in [3.63, 3.8) is 0 Å². The fourth-order valence-corrected chi connectivity index (χ4v) is 2.05. The van der Waals surface area contributed by atoms with E-state index in [2.05, 4.69) is 5.32 Å². The average Bonchev–Trinajstić information content (AvgIpc) is 2.43. The van der Waals surface area contributed by atoms with Crippen LogP contribution in [0.15, 0.2) is 18.2 Å². The van der Waals surface area contributed by atoms with E-state index in [4.69, 9.17) is 10.5 Å². The number of ether oxygens (including phenoxy) is 1. The minimum atomic E-state index is 0.00708. The zero-order valence-electron chi connectivity index (χ0n) is 12.8. The Balaban J connectivity index is 2.95. The predicted molar refractivity (Wildman–Crippen MR) is 82.1 cm³/mol. The van der Waals surface area contributed by atoms with Crippen LogP contribution in [-0.4, -0.2) is 32.1 Å². The lowest BCUT2D eigenvalue weighted by atomic mass is 10.1. The molecule has 0 heterocycles. The molecule has 0 aromatic heterocycles. The molecular weight excluding hydrogens is 254 g/mol. The number of nitrogens with one attached hydrogen (secondary N) is 1. The van der Waals surface area contributed by atoms with E-state index in [9.17, 15) is 4.79 Å². The lowest BCUT2D eigenvalue weighted by Crippen LogP contribution is -2.40. The Labute approximate surface area is 121 Å². The molecular formula is C15H25N3O2. The summed E-state index contributed by atoms with van der Waals surface area (Å²) in [5.41, 5.74) is 7.73. The number of carbonyl (C=O) groups is 1. The van der Waals surface area contributed by atoms with Crippen LogP contribution in [0.1, 0.15) is 26.3 Å². The topological polar surface area (TPSA) is 67.6 Å². The van der Waals surface area contributed by atoms with Gasteiger partial charge in [-0.2, -0.15) is 0 Å². The number of hydrogen-bond donors (Lipinski definition) is 2. The van der Waals surface area contributed by atoms with Crippen molar-refractivity contribution in [3.05, 3.63) is 23.8 Å². The first kappa shape index (κ1) is 16.3. The van der Waals surface area contributed by atoms with Crippen LogP contribution in [0.5, 0.6) is 5.75 Å². The van der Waals surface area contributed by atoms with E-state index in [0.717, 1.165) is 23.5 Å². The Hall–Kier alpha value is -1.75. The highest BCUT2D eigenvalue weighted by molar-refractivity contribution is 5.82. The molecule has 3 N–H and O–H groups in total. The number of benzene rings is 1. The largest absolute Gasteiger partial charge is 0.497 e. The summed E-state index contributed by atoms with van der Waals surface area (Å²) in [6.07, 6.45) is 0. The van der Waals surface area contributed by atoms with Crippen LogP contribution in [0, 0.1) is 0 Å². The lowest BCUT2D eigenvalue weighted by Gasteiger charge is -2.26. The Bertz CT molecular complexity index is 447. The second-order valence-corrected chi connectivity index (χ2v) is 4.94. The molecule has 0 atom stereocenters. The van der Waals surface area contributed by atoms with Crippen molar-refractivity contribution in [2.24, 2.45) is 5.73 Å². The van der Waals surface area contributed by atoms with Crippen molar-refractivity contribution in [1.82, 2.24) is 5.32 Å². The van der Waals surface area contributed by atoms with E-state index < -0.39 is 0 Å². The Kier molecular flexibility index (Phi) is 6.31. The molecule has 0 aliphatic heterocycles. The second kappa shape index (κ2) is 7.75. The molecule has 0 saturated heterocycles. The molecule has 1 rings (SSSR count). The summed E-state index contributed by atoms with van der Waals surface area (Å²) in [6.45, 7) is 7.39. The van der Waals surface area contributed by atoms with Gasteiger partial charge in [-0.3, -0.25) is 4.79 Å². The Morgan fingerprint density at radius 2 is 2.15 bits per heavy atom. The van der Waals surface area contributed by atoms with Crippen LogP contribution in [-0.2, 0) is 11.3 Å². The third-order valence-electron chi connectivity index (χ3n) is 3.02. The van der Waals surface area contributed by atoms with Gasteiger partial charge in [-0.05, 0) is 32.4 Å². The van der Waals surface area contributed by atoms with Crippen molar-refractivity contribution < 1.29 is 9.53 Å². The molecule has 112 valence electrons. The molecule has 0 spiro atoms. The van der Waals surface area contributed by atoms with Gasteiger partial charge in [0.2, 0.25) is 5.91 Å². The second-order valence-electron chi connectivity index (χ2n) is 4.94. The van der Waals surface area contributed by atoms with Gasteiger partial charge in [-0.25, -0.2) is 0 Å². The molecule has 0 bridgehead atoms. The summed E-state index contributed by atoms with van der Waals surface area (Å²) < 4.78 is 5.25. The summed E-state index contributed by atoms with van der Waals surface area (Å²) >= 11 is 0. The minimum Gasteiger partial charge on any atom is -0.497 e. The minimum absolute atomic E-state index is 0.00708. The maximum absolute atomic E-state index is 11.9. The van der Waals surface area contributed by atoms with Crippen LogP contribution in [0.25, 0.3) is 0 Å². The summed E-state index contributed by atoms with van der Waals surface area (Å²) in [4.78, 5) is 13.9. The molecule has 5 heteroatoms. The molecule has 1 aromatic carbocycles. The first-order chi connectivity index (χ1) is 9.51. The van der Waals surface area contributed by atoms with Crippen molar-refractivity contribution >= 4 is 11.6 Å². The maximum atomic E-state index is 11.9. The SMILES string of the molecule is CCN(CC(=O)NC(C)C)c1cc(OC)ccc1CN. The van der Waals surface area contributed by atoms with Crippen molar-refractivity contribution in [1.29, 1.82) is 0 Å². The van der Waals surface area contributed by atoms with E-state index >= 15 is 0 Å². The Morgan fingerprint density at radius 1 is 1.45 bits per heavy atom. The summed E-state index contributed by atoms with van der Waals surface area (Å²) in [5, 5.41) is 2.90. The number of anilines is 1. The standard InChI is InChI=1S/C15H25N3O2/c1-5-18(10-15(19)17-11(2)3)14-8-13(20-4)7-6-12(14)9-16/h6-8,11H,5,9-10,16H2,1-4H3,(H,17,19). The van der Waals surface area contributed by atoms with E-state index in [1.54, 1.807) is 7.11 Å². The fraction of sp³-hybridized carbons (Fsp3) is 0.533. The van der Waals surface area contributed by atoms with Crippen LogP contribution >= 0.6 is 0 Å². The molecule has 0 aliphatic carbocycles. The Morgan fingerprint density at radius 3 is 2.65 bits per heavy atom. The normalized spacial score (nSPS) is 10.5. The lowest BCUT2D eigenvalue weighted by molar-refractivity contribution is -0.120. The number of rotatable bonds is 7. The van der Waals surface area contributed by atoms with Crippen molar-refractivity contribution in [3.8, 4) is 5.75 Å². The van der Waals surface area contributed by atoms with Gasteiger partial charge < -0.3 is 20.7 Å². The van der Waals surface area contributed by atoms with Gasteiger partial charge in [-0.15, -0.1) is 0 Å². The molecule has 1 amide bonds. The zero-order chi connectivity index (χ0) is 15.1. The molecule has 0 saturated carbocycles. The van der Waals surface area contributed by atoms with Crippen LogP contribution in [0.4, 0.5) is 5.69 Å². The number of nitrogens with zero attached hydrogens (tertiary/aromatic N) is 1. The van der Waals surface area contributed by atoms with E-state index in [1.165, 1.54) is 0 Å². The average molecular weight is 279 g/mol. The fourth-order valence-electron chi connectivity index (χ4n) is 2.05. The van der Waals surface area contributed by atoms with Crippen LogP contribution in [0.3, 0.4) is 0 Å². The first-order valence-corrected chi connectivity index (χ1v) is 6.93. The van der Waals surface area contributed by atoms with Crippen molar-refractivity contribution in [2.75, 3.05) is 25.1 Å². The van der Waals surface area contributed by atoms with Gasteiger partial charge in [-0.1, -0.05) is 6.07 Å². The molecule has 20 heavy (non-hydrogen) atoms. The van der Waals surface area contributed by atoms with Crippen LogP contribution in [0.2, 0.25) is 0 Å². The highest BCUT2D eigenvalue weighted by Crippen LogP contribution is 2.25. The van der Waals surface area contributed by atoms with E-state index in [1.807, 2.05) is 43.9 Å². The number of amides is 1. The van der Waals surface area contributed by atoms with E-state index in [-0.39, 0.29) is 11.9 Å². The first-order valence-electron chi connectivity index (χ1n) is 6.93. The van der Waals surface area contributed by atoms with Crippen molar-refractivity contribution in [2.45, 2.75) is 33.4 Å². The molecule has 1 aromatic rings. The van der Waals surface area contributed by atoms with Gasteiger partial charge in [0.05, 0.1) is 13.7 Å². The maximum Gasteiger partial charge on any atom is 0.239 e. The molecule has 0 fully saturated rings. The van der Waals surface area contributed by atoms with Gasteiger partial charge in [0.25, 0.3) is 0 Å². The summed E-state index contributed by atoms with van der Waals surface area (Å²) in [7, 11) is 1.63. The molecule has 0 aliphatic rings. The number of methoxy groups -OCH3 is 1. The highest BCUT2D eigenvalue weighted by Gasteiger charge is 2.14. The van der Waals surface area contributed by atoms with Gasteiger partial charge in [0.15, 0.2) is 0 Å². The highest BCUT2D eigenvalue weighted by atomic mass is 16.5. The smallest absolute Gasteiger partial charge is 0.239 e. The predicted octanol–water partition coefficient (Wildman–Crippen LogP) is 1.50. The van der Waals surface area contributed by atoms with Gasteiger partial charge in [0, 0.05) is 30.9 Å². The number of likely N-dealkylation sites (N-methyl/N-ethyl adjacent to an activating group) is 1. The quantitative estimate of drug-likeness (QED) is 0.794. The molecule has 5 nitrogen and oxygen atoms in total. The summed E-state index contributed by atoms with van der Waals surface area (Å²) in [5.74, 6) is 0.771. The third-order valence-corrected chi connectivity index (χ3v) is 3.02. The van der Waals surface area contributed by atoms with Crippen LogP contribution < -0.4 is 20.7 Å².